The van der Waals surface area contributed by atoms with Crippen molar-refractivity contribution in [2.45, 2.75) is 0 Å². The molecule has 2 aromatic carbocycles. The molecule has 0 spiro atoms. The van der Waals surface area contributed by atoms with Crippen molar-refractivity contribution in [3.63, 3.8) is 0 Å². The molecule has 0 bridgehead atoms. The highest BCUT2D eigenvalue weighted by Crippen LogP contribution is 2.11. The molecule has 0 aliphatic carbocycles. The summed E-state index contributed by atoms with van der Waals surface area (Å²) in [6.07, 6.45) is 2.29. The minimum Gasteiger partial charge on any atom is -0.463 e. The van der Waals surface area contributed by atoms with E-state index in [1.165, 1.54) is 6.20 Å². The number of rotatable bonds is 0. The number of hydrogen-bond acceptors (Lipinski definition) is 3. The monoisotopic (exact) mass is 280 g/mol. The standard InChI is InChI=1S/C8H6N2O2.C7H6N2/c11-8(12)10-7-4-2-1-3-6(7)5-9-10;1-2-4-7-6(3-1)5-8-9-7/h1-5H,(H,11,12);1-5H,(H,8,9). The molecule has 6 nitrogen and oxygen atoms in total. The van der Waals surface area contributed by atoms with Crippen molar-refractivity contribution in [2.24, 2.45) is 0 Å². The topological polar surface area (TPSA) is 83.8 Å². The molecule has 6 heteroatoms. The maximum absolute atomic E-state index is 10.6. The number of carboxylic acid groups (broad SMARTS) is 1. The zero-order valence-corrected chi connectivity index (χ0v) is 11.0. The van der Waals surface area contributed by atoms with Crippen molar-refractivity contribution < 1.29 is 9.90 Å². The van der Waals surface area contributed by atoms with Crippen LogP contribution in [0.5, 0.6) is 0 Å². The lowest BCUT2D eigenvalue weighted by molar-refractivity contribution is 0.194. The van der Waals surface area contributed by atoms with Crippen molar-refractivity contribution in [1.82, 2.24) is 20.0 Å². The van der Waals surface area contributed by atoms with Gasteiger partial charge in [-0.1, -0.05) is 36.4 Å². The molecule has 4 rings (SSSR count). The third kappa shape index (κ3) is 2.59. The molecular formula is C15H12N4O2. The normalized spacial score (nSPS) is 10.3. The van der Waals surface area contributed by atoms with Crippen LogP contribution in [0.1, 0.15) is 0 Å². The molecule has 21 heavy (non-hydrogen) atoms. The smallest absolute Gasteiger partial charge is 0.432 e. The number of aromatic nitrogens is 4. The first-order valence-electron chi connectivity index (χ1n) is 6.30. The Morgan fingerprint density at radius 1 is 1.00 bits per heavy atom. The fourth-order valence-electron chi connectivity index (χ4n) is 2.01. The Hall–Kier alpha value is -3.15. The van der Waals surface area contributed by atoms with Gasteiger partial charge in [0.1, 0.15) is 0 Å². The van der Waals surface area contributed by atoms with E-state index in [4.69, 9.17) is 5.11 Å². The van der Waals surface area contributed by atoms with Gasteiger partial charge in [-0.3, -0.25) is 5.10 Å². The SMILES string of the molecule is O=C(O)n1ncc2ccccc21.c1ccc2[nH]ncc2c1. The van der Waals surface area contributed by atoms with Gasteiger partial charge in [-0.2, -0.15) is 14.9 Å². The first kappa shape index (κ1) is 12.9. The average molecular weight is 280 g/mol. The van der Waals surface area contributed by atoms with E-state index in [1.54, 1.807) is 12.1 Å². The second-order valence-electron chi connectivity index (χ2n) is 4.36. The summed E-state index contributed by atoms with van der Waals surface area (Å²) >= 11 is 0. The Labute approximate surface area is 119 Å². The third-order valence-electron chi connectivity index (χ3n) is 3.01. The highest BCUT2D eigenvalue weighted by Gasteiger charge is 2.06. The first-order valence-corrected chi connectivity index (χ1v) is 6.30. The van der Waals surface area contributed by atoms with Gasteiger partial charge in [-0.15, -0.1) is 0 Å². The number of carbonyl (C=O) groups is 1. The van der Waals surface area contributed by atoms with Crippen LogP contribution < -0.4 is 0 Å². The largest absolute Gasteiger partial charge is 0.463 e. The summed E-state index contributed by atoms with van der Waals surface area (Å²) < 4.78 is 0.954. The number of benzene rings is 2. The second-order valence-corrected chi connectivity index (χ2v) is 4.36. The molecule has 0 saturated heterocycles. The van der Waals surface area contributed by atoms with E-state index in [9.17, 15) is 4.79 Å². The molecule has 0 radical (unpaired) electrons. The van der Waals surface area contributed by atoms with Crippen LogP contribution in [0.25, 0.3) is 21.8 Å². The van der Waals surface area contributed by atoms with E-state index < -0.39 is 6.09 Å². The number of nitrogens with one attached hydrogen (secondary N) is 1. The molecule has 0 aliphatic rings. The van der Waals surface area contributed by atoms with Crippen LogP contribution in [0.2, 0.25) is 0 Å². The van der Waals surface area contributed by atoms with Gasteiger partial charge in [-0.25, -0.2) is 4.79 Å². The molecule has 0 amide bonds. The minimum atomic E-state index is -1.06. The van der Waals surface area contributed by atoms with E-state index >= 15 is 0 Å². The summed E-state index contributed by atoms with van der Waals surface area (Å²) in [5.74, 6) is 0. The van der Waals surface area contributed by atoms with Gasteiger partial charge in [0.05, 0.1) is 23.4 Å². The fraction of sp³-hybridized carbons (Fsp3) is 0. The second kappa shape index (κ2) is 5.46. The van der Waals surface area contributed by atoms with E-state index in [2.05, 4.69) is 15.3 Å². The summed E-state index contributed by atoms with van der Waals surface area (Å²) in [5, 5.41) is 21.1. The number of fused-ring (bicyclic) bond motifs is 2. The van der Waals surface area contributed by atoms with Gasteiger partial charge in [-0.05, 0) is 12.1 Å². The number of aromatic amines is 1. The predicted molar refractivity (Wildman–Crippen MR) is 79.2 cm³/mol. The summed E-state index contributed by atoms with van der Waals surface area (Å²) in [4.78, 5) is 10.6. The molecule has 0 unspecified atom stereocenters. The summed E-state index contributed by atoms with van der Waals surface area (Å²) in [6.45, 7) is 0. The Bertz CT molecular complexity index is 864. The van der Waals surface area contributed by atoms with E-state index in [1.807, 2.05) is 42.6 Å². The molecule has 2 N–H and O–H groups in total. The molecule has 2 aromatic heterocycles. The Morgan fingerprint density at radius 3 is 2.48 bits per heavy atom. The van der Waals surface area contributed by atoms with Crippen LogP contribution in [-0.2, 0) is 0 Å². The van der Waals surface area contributed by atoms with Gasteiger partial charge in [0.25, 0.3) is 0 Å². The van der Waals surface area contributed by atoms with Crippen LogP contribution in [0.4, 0.5) is 4.79 Å². The van der Waals surface area contributed by atoms with Gasteiger partial charge in [0.15, 0.2) is 0 Å². The summed E-state index contributed by atoms with van der Waals surface area (Å²) in [7, 11) is 0. The number of nitrogens with zero attached hydrogens (tertiary/aromatic N) is 3. The fourth-order valence-corrected chi connectivity index (χ4v) is 2.01. The van der Waals surface area contributed by atoms with Gasteiger partial charge in [0.2, 0.25) is 0 Å². The zero-order chi connectivity index (χ0) is 14.7. The van der Waals surface area contributed by atoms with E-state index in [-0.39, 0.29) is 0 Å². The zero-order valence-electron chi connectivity index (χ0n) is 11.0. The Kier molecular flexibility index (Phi) is 3.34. The lowest BCUT2D eigenvalue weighted by atomic mass is 10.3. The quantitative estimate of drug-likeness (QED) is 0.518. The highest BCUT2D eigenvalue weighted by molar-refractivity contribution is 5.86. The predicted octanol–water partition coefficient (Wildman–Crippen LogP) is 3.13. The molecule has 104 valence electrons. The van der Waals surface area contributed by atoms with Crippen LogP contribution in [0, 0.1) is 0 Å². The molecule has 0 aliphatic heterocycles. The third-order valence-corrected chi connectivity index (χ3v) is 3.01. The summed E-state index contributed by atoms with van der Waals surface area (Å²) in [6, 6.07) is 15.2. The van der Waals surface area contributed by atoms with E-state index in [0.29, 0.717) is 5.52 Å². The number of para-hydroxylation sites is 2. The lowest BCUT2D eigenvalue weighted by Crippen LogP contribution is -2.08. The van der Waals surface area contributed by atoms with Crippen molar-refractivity contribution in [2.75, 3.05) is 0 Å². The maximum atomic E-state index is 10.6. The molecular weight excluding hydrogens is 268 g/mol. The van der Waals surface area contributed by atoms with Crippen molar-refractivity contribution >= 4 is 27.9 Å². The first-order chi connectivity index (χ1) is 10.3. The average Bonchev–Trinajstić information content (AvgIpc) is 3.14. The van der Waals surface area contributed by atoms with E-state index in [0.717, 1.165) is 21.0 Å². The lowest BCUT2D eigenvalue weighted by Gasteiger charge is -1.93. The van der Waals surface area contributed by atoms with Gasteiger partial charge in [0, 0.05) is 10.8 Å². The van der Waals surface area contributed by atoms with Crippen molar-refractivity contribution in [3.8, 4) is 0 Å². The van der Waals surface area contributed by atoms with Crippen LogP contribution in [0.3, 0.4) is 0 Å². The van der Waals surface area contributed by atoms with Crippen LogP contribution >= 0.6 is 0 Å². The molecule has 0 atom stereocenters. The molecule has 4 aromatic rings. The van der Waals surface area contributed by atoms with Crippen LogP contribution in [-0.4, -0.2) is 31.2 Å². The maximum Gasteiger partial charge on any atom is 0.432 e. The van der Waals surface area contributed by atoms with Crippen molar-refractivity contribution in [1.29, 1.82) is 0 Å². The van der Waals surface area contributed by atoms with Crippen LogP contribution in [0.15, 0.2) is 60.9 Å². The Balaban J connectivity index is 0.000000131. The minimum absolute atomic E-state index is 0.616. The Morgan fingerprint density at radius 2 is 1.71 bits per heavy atom. The number of H-pyrrole nitrogens is 1. The molecule has 0 saturated carbocycles. The van der Waals surface area contributed by atoms with Gasteiger partial charge >= 0.3 is 6.09 Å². The van der Waals surface area contributed by atoms with Gasteiger partial charge < -0.3 is 5.11 Å². The highest BCUT2D eigenvalue weighted by atomic mass is 16.4. The molecule has 2 heterocycles. The van der Waals surface area contributed by atoms with Crippen molar-refractivity contribution in [3.05, 3.63) is 60.9 Å². The summed E-state index contributed by atoms with van der Waals surface area (Å²) in [5.41, 5.74) is 1.71. The molecule has 0 fully saturated rings. The number of hydrogen-bond donors (Lipinski definition) is 2.